The molecule has 1 unspecified atom stereocenters. The lowest BCUT2D eigenvalue weighted by molar-refractivity contribution is -0.118. The van der Waals surface area contributed by atoms with Crippen molar-refractivity contribution in [3.05, 3.63) is 119 Å². The van der Waals surface area contributed by atoms with Gasteiger partial charge in [0.2, 0.25) is 0 Å². The van der Waals surface area contributed by atoms with Crippen molar-refractivity contribution in [2.24, 2.45) is 0 Å². The zero-order valence-corrected chi connectivity index (χ0v) is 22.1. The van der Waals surface area contributed by atoms with Crippen LogP contribution < -0.4 is 10.5 Å². The number of nitrogens with two attached hydrogens (primary N) is 1. The van der Waals surface area contributed by atoms with Crippen LogP contribution in [0.5, 0.6) is 5.75 Å². The van der Waals surface area contributed by atoms with E-state index < -0.39 is 17.6 Å². The van der Waals surface area contributed by atoms with Crippen LogP contribution in [0.2, 0.25) is 0 Å². The maximum Gasteiger partial charge on any atom is 0.137 e. The Bertz CT molecular complexity index is 1580. The first-order chi connectivity index (χ1) is 19.3. The molecule has 1 heterocycles. The molecule has 0 radical (unpaired) electrons. The van der Waals surface area contributed by atoms with E-state index >= 15 is 0 Å². The smallest absolute Gasteiger partial charge is 0.137 e. The van der Waals surface area contributed by atoms with Crippen LogP contribution >= 0.6 is 0 Å². The van der Waals surface area contributed by atoms with E-state index in [1.807, 2.05) is 43.3 Å². The Morgan fingerprint density at radius 2 is 1.75 bits per heavy atom. The number of ether oxygens (including phenoxy) is 1. The Balaban J connectivity index is 1.51. The van der Waals surface area contributed by atoms with Crippen LogP contribution in [0.1, 0.15) is 48.1 Å². The fourth-order valence-corrected chi connectivity index (χ4v) is 5.34. The average Bonchev–Trinajstić information content (AvgIpc) is 3.29. The van der Waals surface area contributed by atoms with Crippen molar-refractivity contribution in [1.82, 2.24) is 4.98 Å². The van der Waals surface area contributed by atoms with Crippen molar-refractivity contribution in [3.8, 4) is 16.9 Å². The molecule has 1 aromatic heterocycles. The summed E-state index contributed by atoms with van der Waals surface area (Å²) >= 11 is 0. The monoisotopic (exact) mass is 542 g/mol. The van der Waals surface area contributed by atoms with Gasteiger partial charge in [0, 0.05) is 30.4 Å². The molecule has 204 valence electrons. The van der Waals surface area contributed by atoms with Crippen molar-refractivity contribution in [2.75, 3.05) is 12.3 Å². The highest BCUT2D eigenvalue weighted by molar-refractivity contribution is 5.92. The first-order valence-electron chi connectivity index (χ1n) is 13.2. The van der Waals surface area contributed by atoms with Crippen molar-refractivity contribution in [1.29, 1.82) is 0 Å². The molecule has 0 saturated heterocycles. The number of rotatable bonds is 10. The van der Waals surface area contributed by atoms with Gasteiger partial charge in [-0.2, -0.15) is 0 Å². The molecule has 0 amide bonds. The van der Waals surface area contributed by atoms with Gasteiger partial charge in [-0.15, -0.1) is 0 Å². The van der Waals surface area contributed by atoms with E-state index in [0.717, 1.165) is 33.9 Å². The maximum atomic E-state index is 14.1. The van der Waals surface area contributed by atoms with Gasteiger partial charge in [0.05, 0.1) is 12.3 Å². The van der Waals surface area contributed by atoms with Crippen molar-refractivity contribution in [2.45, 2.75) is 38.5 Å². The van der Waals surface area contributed by atoms with Crippen molar-refractivity contribution in [3.63, 3.8) is 0 Å². The number of carbonyl (C=O) groups is 1. The molecule has 1 aliphatic rings. The number of hydrogen-bond donors (Lipinski definition) is 1. The lowest BCUT2D eigenvalue weighted by Gasteiger charge is -2.21. The number of anilines is 1. The van der Waals surface area contributed by atoms with Crippen molar-refractivity contribution >= 4 is 17.2 Å². The molecule has 5 rings (SSSR count). The van der Waals surface area contributed by atoms with Crippen LogP contribution in [0.15, 0.2) is 78.9 Å². The highest BCUT2D eigenvalue weighted by Crippen LogP contribution is 2.37. The topological polar surface area (TPSA) is 65.2 Å². The van der Waals surface area contributed by atoms with Gasteiger partial charge >= 0.3 is 0 Å². The van der Waals surface area contributed by atoms with E-state index in [-0.39, 0.29) is 36.7 Å². The minimum absolute atomic E-state index is 0.0503. The summed E-state index contributed by atoms with van der Waals surface area (Å²) in [6.07, 6.45) is 2.92. The zero-order chi connectivity index (χ0) is 28.2. The van der Waals surface area contributed by atoms with E-state index in [2.05, 4.69) is 4.98 Å². The summed E-state index contributed by atoms with van der Waals surface area (Å²) in [5.41, 5.74) is 11.1. The molecule has 7 heteroatoms. The van der Waals surface area contributed by atoms with Crippen LogP contribution in [0.25, 0.3) is 16.7 Å². The molecule has 4 nitrogen and oxygen atoms in total. The maximum absolute atomic E-state index is 14.1. The van der Waals surface area contributed by atoms with E-state index in [4.69, 9.17) is 10.5 Å². The number of nitrogen functional groups attached to an aromatic ring is 1. The second kappa shape index (κ2) is 11.8. The third-order valence-corrected chi connectivity index (χ3v) is 7.04. The Morgan fingerprint density at radius 3 is 2.52 bits per heavy atom. The highest BCUT2D eigenvalue weighted by atomic mass is 19.1. The summed E-state index contributed by atoms with van der Waals surface area (Å²) in [5, 5.41) is 0. The third kappa shape index (κ3) is 6.25. The van der Waals surface area contributed by atoms with Crippen LogP contribution in [0.3, 0.4) is 0 Å². The number of halogens is 3. The average molecular weight is 543 g/mol. The SMILES string of the molecule is CCOc1cccc(-c2ccc(N)nc2C(CC(=O)CC2=CCc3ccc(F)cc32)Cc2cc(F)cc(F)c2)c1. The largest absolute Gasteiger partial charge is 0.494 e. The van der Waals surface area contributed by atoms with Gasteiger partial charge < -0.3 is 10.5 Å². The molecule has 3 aromatic carbocycles. The van der Waals surface area contributed by atoms with Gasteiger partial charge in [0.15, 0.2) is 0 Å². The molecule has 0 bridgehead atoms. The van der Waals surface area contributed by atoms with E-state index in [1.165, 1.54) is 24.3 Å². The van der Waals surface area contributed by atoms with Gasteiger partial charge in [-0.05, 0) is 96.1 Å². The minimum atomic E-state index is -0.694. The predicted octanol–water partition coefficient (Wildman–Crippen LogP) is 7.46. The van der Waals surface area contributed by atoms with Crippen LogP contribution in [-0.2, 0) is 17.6 Å². The number of ketones is 1. The fourth-order valence-electron chi connectivity index (χ4n) is 5.34. The number of Topliss-reactive ketones (excluding diaryl/α,β-unsaturated/α-hetero) is 1. The Morgan fingerprint density at radius 1 is 0.950 bits per heavy atom. The highest BCUT2D eigenvalue weighted by Gasteiger charge is 2.25. The zero-order valence-electron chi connectivity index (χ0n) is 22.1. The second-order valence-corrected chi connectivity index (χ2v) is 9.96. The number of hydrogen-bond acceptors (Lipinski definition) is 4. The van der Waals surface area contributed by atoms with Crippen LogP contribution in [0.4, 0.5) is 19.0 Å². The molecule has 2 N–H and O–H groups in total. The summed E-state index contributed by atoms with van der Waals surface area (Å²) in [7, 11) is 0. The Kier molecular flexibility index (Phi) is 8.01. The number of nitrogens with zero attached hydrogens (tertiary/aromatic N) is 1. The third-order valence-electron chi connectivity index (χ3n) is 7.04. The lowest BCUT2D eigenvalue weighted by atomic mass is 9.85. The molecule has 0 fully saturated rings. The van der Waals surface area contributed by atoms with Gasteiger partial charge in [-0.25, -0.2) is 18.2 Å². The number of aromatic nitrogens is 1. The lowest BCUT2D eigenvalue weighted by Crippen LogP contribution is -2.14. The second-order valence-electron chi connectivity index (χ2n) is 9.96. The van der Waals surface area contributed by atoms with Gasteiger partial charge in [-0.1, -0.05) is 24.3 Å². The normalized spacial score (nSPS) is 13.1. The summed E-state index contributed by atoms with van der Waals surface area (Å²) in [6.45, 7) is 2.40. The summed E-state index contributed by atoms with van der Waals surface area (Å²) < 4.78 is 47.8. The van der Waals surface area contributed by atoms with Gasteiger partial charge in [0.25, 0.3) is 0 Å². The molecule has 1 aliphatic carbocycles. The standard InChI is InChI=1S/C33H29F3N2O2/c1-2-40-29-5-3-4-22(17-29)30-10-11-32(37)38-33(30)24(12-20-13-26(35)18-27(36)14-20)16-28(39)15-23-7-6-21-8-9-25(34)19-31(21)23/h3-5,7-11,13-14,17-19,24H,2,6,12,15-16H2,1H3,(H2,37,38). The molecule has 0 aliphatic heterocycles. The first-order valence-corrected chi connectivity index (χ1v) is 13.2. The van der Waals surface area contributed by atoms with Crippen LogP contribution in [-0.4, -0.2) is 17.4 Å². The molecule has 1 atom stereocenters. The minimum Gasteiger partial charge on any atom is -0.494 e. The molecule has 0 spiro atoms. The fraction of sp³-hybridized carbons (Fsp3) is 0.212. The van der Waals surface area contributed by atoms with E-state index in [1.54, 1.807) is 12.1 Å². The number of benzene rings is 3. The van der Waals surface area contributed by atoms with E-state index in [9.17, 15) is 18.0 Å². The van der Waals surface area contributed by atoms with Gasteiger partial charge in [0.1, 0.15) is 34.8 Å². The number of pyridine rings is 1. The first kappa shape index (κ1) is 27.2. The molecular weight excluding hydrogens is 513 g/mol. The summed E-state index contributed by atoms with van der Waals surface area (Å²) in [6, 6.07) is 19.0. The van der Waals surface area contributed by atoms with E-state index in [0.29, 0.717) is 30.0 Å². The molecular formula is C33H29F3N2O2. The molecule has 0 saturated carbocycles. The predicted molar refractivity (Wildman–Crippen MR) is 150 cm³/mol. The van der Waals surface area contributed by atoms with Gasteiger partial charge in [-0.3, -0.25) is 4.79 Å². The van der Waals surface area contributed by atoms with Crippen LogP contribution in [0, 0.1) is 17.5 Å². The number of allylic oxidation sites excluding steroid dienone is 2. The summed E-state index contributed by atoms with van der Waals surface area (Å²) in [5.74, 6) is -1.42. The quantitative estimate of drug-likeness (QED) is 0.226. The molecule has 4 aromatic rings. The Labute approximate surface area is 231 Å². The molecule has 40 heavy (non-hydrogen) atoms. The number of carbonyl (C=O) groups excluding carboxylic acids is 1. The number of fused-ring (bicyclic) bond motifs is 1. The Hall–Kier alpha value is -4.39. The summed E-state index contributed by atoms with van der Waals surface area (Å²) in [4.78, 5) is 18.1. The van der Waals surface area contributed by atoms with Crippen molar-refractivity contribution < 1.29 is 22.7 Å².